The van der Waals surface area contributed by atoms with Gasteiger partial charge >= 0.3 is 5.97 Å². The fourth-order valence-corrected chi connectivity index (χ4v) is 7.31. The fourth-order valence-electron chi connectivity index (χ4n) is 7.31. The third kappa shape index (κ3) is 2.25. The summed E-state index contributed by atoms with van der Waals surface area (Å²) in [4.78, 5) is 23.9. The summed E-state index contributed by atoms with van der Waals surface area (Å²) in [5, 5.41) is 0. The Bertz CT molecular complexity index is 719. The van der Waals surface area contributed by atoms with E-state index in [1.165, 1.54) is 18.9 Å². The summed E-state index contributed by atoms with van der Waals surface area (Å²) in [6.45, 7) is 12.5. The van der Waals surface area contributed by atoms with Crippen LogP contribution in [0.3, 0.4) is 0 Å². The van der Waals surface area contributed by atoms with Crippen molar-refractivity contribution in [2.45, 2.75) is 78.2 Å². The van der Waals surface area contributed by atoms with Gasteiger partial charge in [-0.25, -0.2) is 0 Å². The molecule has 6 atom stereocenters. The monoisotopic (exact) mass is 356 g/mol. The highest BCUT2D eigenvalue weighted by molar-refractivity contribution is 6.05. The summed E-state index contributed by atoms with van der Waals surface area (Å²) in [6.07, 6.45) is 9.31. The van der Waals surface area contributed by atoms with E-state index in [-0.39, 0.29) is 28.2 Å². The number of ketones is 1. The molecule has 142 valence electrons. The number of esters is 1. The van der Waals surface area contributed by atoms with E-state index in [0.29, 0.717) is 17.8 Å². The maximum absolute atomic E-state index is 12.1. The topological polar surface area (TPSA) is 43.4 Å². The number of fused-ring (bicyclic) bond motifs is 5. The molecule has 3 fully saturated rings. The van der Waals surface area contributed by atoms with Crippen LogP contribution in [-0.4, -0.2) is 17.4 Å². The maximum Gasteiger partial charge on any atom is 0.303 e. The number of ether oxygens (including phenoxy) is 1. The van der Waals surface area contributed by atoms with Gasteiger partial charge in [-0.1, -0.05) is 26.0 Å². The van der Waals surface area contributed by atoms with Crippen LogP contribution in [0.4, 0.5) is 0 Å². The highest BCUT2D eigenvalue weighted by Gasteiger charge is 2.64. The lowest BCUT2D eigenvalue weighted by molar-refractivity contribution is -0.177. The minimum atomic E-state index is -0.336. The van der Waals surface area contributed by atoms with Crippen LogP contribution >= 0.6 is 0 Å². The van der Waals surface area contributed by atoms with Crippen LogP contribution in [0.5, 0.6) is 0 Å². The summed E-state index contributed by atoms with van der Waals surface area (Å²) >= 11 is 0. The number of carbonyl (C=O) groups excluding carboxylic acids is 2. The van der Waals surface area contributed by atoms with Crippen LogP contribution in [0.1, 0.15) is 72.6 Å². The molecule has 0 radical (unpaired) electrons. The average molecular weight is 357 g/mol. The van der Waals surface area contributed by atoms with Gasteiger partial charge in [-0.05, 0) is 86.7 Å². The van der Waals surface area contributed by atoms with Crippen molar-refractivity contribution in [1.29, 1.82) is 0 Å². The Morgan fingerprint density at radius 2 is 1.85 bits per heavy atom. The van der Waals surface area contributed by atoms with Gasteiger partial charge in [-0.2, -0.15) is 0 Å². The van der Waals surface area contributed by atoms with Gasteiger partial charge in [-0.15, -0.1) is 0 Å². The maximum atomic E-state index is 12.1. The molecular formula is C23H32O3. The van der Waals surface area contributed by atoms with E-state index in [1.54, 1.807) is 0 Å². The van der Waals surface area contributed by atoms with Gasteiger partial charge in [0.25, 0.3) is 0 Å². The molecule has 0 spiro atoms. The Morgan fingerprint density at radius 1 is 1.15 bits per heavy atom. The molecule has 0 bridgehead atoms. The highest BCUT2D eigenvalue weighted by atomic mass is 16.6. The van der Waals surface area contributed by atoms with Crippen molar-refractivity contribution >= 4 is 11.8 Å². The van der Waals surface area contributed by atoms with E-state index in [0.717, 1.165) is 44.1 Å². The summed E-state index contributed by atoms with van der Waals surface area (Å²) in [5.74, 6) is 1.87. The lowest BCUT2D eigenvalue weighted by atomic mass is 9.46. The van der Waals surface area contributed by atoms with Crippen LogP contribution in [-0.2, 0) is 14.3 Å². The van der Waals surface area contributed by atoms with Crippen LogP contribution in [0.15, 0.2) is 23.8 Å². The van der Waals surface area contributed by atoms with E-state index < -0.39 is 0 Å². The fraction of sp³-hybridized carbons (Fsp3) is 0.739. The SMILES string of the molecule is C=C1C[C@]2(C)C(=CC1=O)CC[C@H]1[C@H]3CC[C@](C)(OC(C)=O)[C@@]3(C)CC[C@@H]12. The standard InChI is InChI=1S/C23H32O3/c1-14-13-21(3)16(12-20(14)25)6-7-17-18(21)8-10-22(4)19(17)9-11-23(22,5)26-15(2)24/h12,17-19H,1,6-11,13H2,2-5H3/t17-,18+,19-,21-,22+,23+/m1/s1. The molecule has 3 saturated carbocycles. The summed E-state index contributed by atoms with van der Waals surface area (Å²) in [7, 11) is 0. The molecule has 3 nitrogen and oxygen atoms in total. The molecule has 4 aliphatic carbocycles. The molecule has 3 heteroatoms. The molecule has 4 rings (SSSR count). The number of hydrogen-bond donors (Lipinski definition) is 0. The van der Waals surface area contributed by atoms with Crippen LogP contribution < -0.4 is 0 Å². The van der Waals surface area contributed by atoms with Crippen molar-refractivity contribution in [2.75, 3.05) is 0 Å². The molecule has 0 aliphatic heterocycles. The van der Waals surface area contributed by atoms with Crippen molar-refractivity contribution in [1.82, 2.24) is 0 Å². The van der Waals surface area contributed by atoms with E-state index in [9.17, 15) is 9.59 Å². The third-order valence-corrected chi connectivity index (χ3v) is 8.87. The largest absolute Gasteiger partial charge is 0.459 e. The second-order valence-electron chi connectivity index (χ2n) is 9.97. The second-order valence-corrected chi connectivity index (χ2v) is 9.97. The first kappa shape index (κ1) is 18.0. The summed E-state index contributed by atoms with van der Waals surface area (Å²) in [6, 6.07) is 0. The Labute approximate surface area is 157 Å². The molecule has 26 heavy (non-hydrogen) atoms. The predicted molar refractivity (Wildman–Crippen MR) is 101 cm³/mol. The van der Waals surface area contributed by atoms with Crippen molar-refractivity contribution < 1.29 is 14.3 Å². The van der Waals surface area contributed by atoms with Gasteiger partial charge in [0, 0.05) is 12.3 Å². The lowest BCUT2D eigenvalue weighted by Crippen LogP contribution is -2.55. The normalized spacial score (nSPS) is 47.5. The van der Waals surface area contributed by atoms with E-state index >= 15 is 0 Å². The molecular weight excluding hydrogens is 324 g/mol. The minimum absolute atomic E-state index is 0.0684. The molecule has 0 heterocycles. The van der Waals surface area contributed by atoms with Gasteiger partial charge in [0.05, 0.1) is 0 Å². The average Bonchev–Trinajstić information content (AvgIpc) is 2.80. The van der Waals surface area contributed by atoms with E-state index in [2.05, 4.69) is 27.4 Å². The van der Waals surface area contributed by atoms with E-state index in [1.807, 2.05) is 6.08 Å². The molecule has 0 aromatic carbocycles. The zero-order chi connectivity index (χ0) is 18.9. The van der Waals surface area contributed by atoms with Crippen molar-refractivity contribution in [3.8, 4) is 0 Å². The molecule has 0 aromatic rings. The van der Waals surface area contributed by atoms with Gasteiger partial charge in [-0.3, -0.25) is 9.59 Å². The summed E-state index contributed by atoms with van der Waals surface area (Å²) < 4.78 is 5.90. The van der Waals surface area contributed by atoms with E-state index in [4.69, 9.17) is 4.74 Å². The summed E-state index contributed by atoms with van der Waals surface area (Å²) in [5.41, 5.74) is 1.97. The molecule has 0 aromatic heterocycles. The first-order chi connectivity index (χ1) is 12.1. The van der Waals surface area contributed by atoms with Crippen molar-refractivity contribution in [3.63, 3.8) is 0 Å². The Hall–Kier alpha value is -1.38. The second kappa shape index (κ2) is 5.56. The van der Waals surface area contributed by atoms with Gasteiger partial charge in [0.1, 0.15) is 5.60 Å². The number of rotatable bonds is 1. The molecule has 0 saturated heterocycles. The first-order valence-corrected chi connectivity index (χ1v) is 10.2. The molecule has 0 unspecified atom stereocenters. The zero-order valence-corrected chi connectivity index (χ0v) is 16.7. The number of hydrogen-bond acceptors (Lipinski definition) is 3. The molecule has 0 N–H and O–H groups in total. The zero-order valence-electron chi connectivity index (χ0n) is 16.7. The first-order valence-electron chi connectivity index (χ1n) is 10.2. The molecule has 4 aliphatic rings. The smallest absolute Gasteiger partial charge is 0.303 e. The third-order valence-electron chi connectivity index (χ3n) is 8.87. The van der Waals surface area contributed by atoms with Gasteiger partial charge in [0.2, 0.25) is 0 Å². The van der Waals surface area contributed by atoms with Crippen LogP contribution in [0.2, 0.25) is 0 Å². The minimum Gasteiger partial charge on any atom is -0.459 e. The predicted octanol–water partition coefficient (Wildman–Crippen LogP) is 5.01. The molecule has 0 amide bonds. The van der Waals surface area contributed by atoms with Crippen LogP contribution in [0, 0.1) is 28.6 Å². The Kier molecular flexibility index (Phi) is 3.85. The number of carbonyl (C=O) groups is 2. The highest BCUT2D eigenvalue weighted by Crippen LogP contribution is 2.68. The lowest BCUT2D eigenvalue weighted by Gasteiger charge is -2.59. The Balaban J connectivity index is 1.67. The van der Waals surface area contributed by atoms with Gasteiger partial charge in [0.15, 0.2) is 5.78 Å². The Morgan fingerprint density at radius 3 is 2.54 bits per heavy atom. The van der Waals surface area contributed by atoms with Crippen molar-refractivity contribution in [2.24, 2.45) is 28.6 Å². The quantitative estimate of drug-likeness (QED) is 0.490. The van der Waals surface area contributed by atoms with Gasteiger partial charge < -0.3 is 4.74 Å². The number of allylic oxidation sites excluding steroid dienone is 2. The van der Waals surface area contributed by atoms with Crippen molar-refractivity contribution in [3.05, 3.63) is 23.8 Å². The van der Waals surface area contributed by atoms with Crippen LogP contribution in [0.25, 0.3) is 0 Å².